The fraction of sp³-hybridized carbons (Fsp3) is 0.462. The first-order chi connectivity index (χ1) is 8.60. The van der Waals surface area contributed by atoms with Crippen molar-refractivity contribution in [3.63, 3.8) is 0 Å². The Hall–Kier alpha value is -1.36. The molecular formula is C13H20N2O2S. The van der Waals surface area contributed by atoms with Gasteiger partial charge in [-0.25, -0.2) is 0 Å². The third-order valence-corrected chi connectivity index (χ3v) is 3.60. The Bertz CT molecular complexity index is 410. The molecule has 0 aliphatic heterocycles. The summed E-state index contributed by atoms with van der Waals surface area (Å²) in [5, 5.41) is 2.93. The van der Waals surface area contributed by atoms with Gasteiger partial charge in [0.05, 0.1) is 7.11 Å². The van der Waals surface area contributed by atoms with Gasteiger partial charge in [-0.15, -0.1) is 0 Å². The van der Waals surface area contributed by atoms with Crippen LogP contribution in [0.1, 0.15) is 24.2 Å². The molecule has 1 amide bonds. The van der Waals surface area contributed by atoms with E-state index in [-0.39, 0.29) is 11.9 Å². The van der Waals surface area contributed by atoms with Crippen molar-refractivity contribution in [3.8, 4) is 5.75 Å². The first-order valence-corrected chi connectivity index (χ1v) is 7.06. The van der Waals surface area contributed by atoms with Crippen LogP contribution in [0, 0.1) is 0 Å². The maximum atomic E-state index is 12.1. The van der Waals surface area contributed by atoms with Crippen molar-refractivity contribution in [2.45, 2.75) is 19.9 Å². The van der Waals surface area contributed by atoms with Crippen LogP contribution in [-0.4, -0.2) is 30.6 Å². The van der Waals surface area contributed by atoms with E-state index in [1.807, 2.05) is 6.92 Å². The minimum Gasteiger partial charge on any atom is -0.496 e. The summed E-state index contributed by atoms with van der Waals surface area (Å²) in [5.74, 6) is 2.24. The number of benzene rings is 1. The molecule has 0 aromatic heterocycles. The molecule has 4 nitrogen and oxygen atoms in total. The van der Waals surface area contributed by atoms with Crippen LogP contribution in [0.4, 0.5) is 5.69 Å². The average molecular weight is 268 g/mol. The van der Waals surface area contributed by atoms with Crippen LogP contribution >= 0.6 is 11.8 Å². The van der Waals surface area contributed by atoms with Crippen molar-refractivity contribution in [1.82, 2.24) is 5.32 Å². The van der Waals surface area contributed by atoms with Gasteiger partial charge in [-0.1, -0.05) is 13.0 Å². The minimum atomic E-state index is -0.186. The molecule has 100 valence electrons. The molecule has 0 aliphatic carbocycles. The Labute approximate surface area is 112 Å². The van der Waals surface area contributed by atoms with Crippen LogP contribution in [0.5, 0.6) is 5.75 Å². The number of anilines is 1. The molecule has 3 N–H and O–H groups in total. The predicted molar refractivity (Wildman–Crippen MR) is 77.3 cm³/mol. The third kappa shape index (κ3) is 3.84. The monoisotopic (exact) mass is 268 g/mol. The highest BCUT2D eigenvalue weighted by Gasteiger charge is 2.17. The fourth-order valence-electron chi connectivity index (χ4n) is 1.59. The van der Waals surface area contributed by atoms with E-state index in [0.717, 1.165) is 11.5 Å². The molecule has 0 spiro atoms. The predicted octanol–water partition coefficient (Wildman–Crippen LogP) is 2.15. The molecule has 0 radical (unpaired) electrons. The van der Waals surface area contributed by atoms with Gasteiger partial charge in [-0.2, -0.15) is 11.8 Å². The van der Waals surface area contributed by atoms with Gasteiger partial charge in [-0.05, 0) is 24.8 Å². The van der Waals surface area contributed by atoms with Crippen LogP contribution in [0.15, 0.2) is 18.2 Å². The first-order valence-electron chi connectivity index (χ1n) is 5.91. The van der Waals surface area contributed by atoms with Gasteiger partial charge >= 0.3 is 0 Å². The Kier molecular flexibility index (Phi) is 5.85. The number of hydrogen-bond donors (Lipinski definition) is 2. The number of carbonyl (C=O) groups is 1. The number of methoxy groups -OCH3 is 1. The number of carbonyl (C=O) groups excluding carboxylic acids is 1. The van der Waals surface area contributed by atoms with E-state index in [1.165, 1.54) is 7.11 Å². The van der Waals surface area contributed by atoms with Crippen molar-refractivity contribution >= 4 is 23.4 Å². The number of nitrogens with one attached hydrogen (secondary N) is 1. The van der Waals surface area contributed by atoms with E-state index in [9.17, 15) is 4.79 Å². The Morgan fingerprint density at radius 2 is 2.28 bits per heavy atom. The zero-order valence-corrected chi connectivity index (χ0v) is 11.8. The zero-order valence-electron chi connectivity index (χ0n) is 11.0. The van der Waals surface area contributed by atoms with E-state index in [4.69, 9.17) is 10.5 Å². The van der Waals surface area contributed by atoms with Gasteiger partial charge < -0.3 is 15.8 Å². The quantitative estimate of drug-likeness (QED) is 0.776. The molecule has 0 bridgehead atoms. The summed E-state index contributed by atoms with van der Waals surface area (Å²) in [6.07, 6.45) is 0. The molecule has 1 aromatic rings. The maximum Gasteiger partial charge on any atom is 0.257 e. The summed E-state index contributed by atoms with van der Waals surface area (Å²) in [7, 11) is 1.53. The van der Waals surface area contributed by atoms with E-state index in [1.54, 1.807) is 30.0 Å². The second kappa shape index (κ2) is 7.16. The summed E-state index contributed by atoms with van der Waals surface area (Å²) in [6.45, 7) is 4.07. The maximum absolute atomic E-state index is 12.1. The highest BCUT2D eigenvalue weighted by atomic mass is 32.2. The summed E-state index contributed by atoms with van der Waals surface area (Å²) in [4.78, 5) is 12.1. The highest BCUT2D eigenvalue weighted by molar-refractivity contribution is 7.99. The van der Waals surface area contributed by atoms with Crippen LogP contribution in [0.2, 0.25) is 0 Å². The lowest BCUT2D eigenvalue weighted by atomic mass is 10.1. The second-order valence-corrected chi connectivity index (χ2v) is 5.28. The van der Waals surface area contributed by atoms with Crippen LogP contribution < -0.4 is 15.8 Å². The normalized spacial score (nSPS) is 11.9. The highest BCUT2D eigenvalue weighted by Crippen LogP contribution is 2.24. The van der Waals surface area contributed by atoms with Crippen molar-refractivity contribution in [2.24, 2.45) is 0 Å². The first kappa shape index (κ1) is 14.7. The van der Waals surface area contributed by atoms with Gasteiger partial charge in [0.15, 0.2) is 0 Å². The number of amides is 1. The number of hydrogen-bond acceptors (Lipinski definition) is 4. The topological polar surface area (TPSA) is 64.4 Å². The largest absolute Gasteiger partial charge is 0.496 e. The van der Waals surface area contributed by atoms with E-state index in [2.05, 4.69) is 12.2 Å². The van der Waals surface area contributed by atoms with Crippen molar-refractivity contribution in [1.29, 1.82) is 0 Å². The SMILES string of the molecule is CCSCC(C)NC(=O)c1c(N)cccc1OC. The second-order valence-electron chi connectivity index (χ2n) is 3.96. The molecule has 0 fully saturated rings. The number of rotatable bonds is 6. The van der Waals surface area contributed by atoms with Crippen molar-refractivity contribution < 1.29 is 9.53 Å². The summed E-state index contributed by atoms with van der Waals surface area (Å²) in [5.41, 5.74) is 6.67. The number of ether oxygens (including phenoxy) is 1. The molecule has 5 heteroatoms. The molecule has 1 rings (SSSR count). The Morgan fingerprint density at radius 1 is 1.56 bits per heavy atom. The van der Waals surface area contributed by atoms with Gasteiger partial charge in [0, 0.05) is 17.5 Å². The molecule has 0 saturated heterocycles. The van der Waals surface area contributed by atoms with E-state index < -0.39 is 0 Å². The van der Waals surface area contributed by atoms with E-state index >= 15 is 0 Å². The molecule has 1 atom stereocenters. The summed E-state index contributed by atoms with van der Waals surface area (Å²) >= 11 is 1.79. The zero-order chi connectivity index (χ0) is 13.5. The number of nitrogen functional groups attached to an aromatic ring is 1. The molecule has 1 aromatic carbocycles. The fourth-order valence-corrected chi connectivity index (χ4v) is 2.27. The average Bonchev–Trinajstić information content (AvgIpc) is 2.35. The molecule has 18 heavy (non-hydrogen) atoms. The van der Waals surface area contributed by atoms with Gasteiger partial charge in [-0.3, -0.25) is 4.79 Å². The number of nitrogens with two attached hydrogens (primary N) is 1. The minimum absolute atomic E-state index is 0.103. The van der Waals surface area contributed by atoms with Crippen molar-refractivity contribution in [2.75, 3.05) is 24.3 Å². The standard InChI is InChI=1S/C13H20N2O2S/c1-4-18-8-9(2)15-13(16)12-10(14)6-5-7-11(12)17-3/h5-7,9H,4,8,14H2,1-3H3,(H,15,16). The van der Waals surface area contributed by atoms with Crippen molar-refractivity contribution in [3.05, 3.63) is 23.8 Å². The molecule has 1 unspecified atom stereocenters. The number of thioether (sulfide) groups is 1. The Morgan fingerprint density at radius 3 is 2.89 bits per heavy atom. The summed E-state index contributed by atoms with van der Waals surface area (Å²) < 4.78 is 5.16. The molecular weight excluding hydrogens is 248 g/mol. The van der Waals surface area contributed by atoms with Gasteiger partial charge in [0.25, 0.3) is 5.91 Å². The van der Waals surface area contributed by atoms with Crippen LogP contribution in [0.25, 0.3) is 0 Å². The van der Waals surface area contributed by atoms with Crippen LogP contribution in [0.3, 0.4) is 0 Å². The lowest BCUT2D eigenvalue weighted by Gasteiger charge is -2.16. The molecule has 0 saturated carbocycles. The van der Waals surface area contributed by atoms with E-state index in [0.29, 0.717) is 17.0 Å². The lowest BCUT2D eigenvalue weighted by molar-refractivity contribution is 0.0941. The smallest absolute Gasteiger partial charge is 0.257 e. The summed E-state index contributed by atoms with van der Waals surface area (Å²) in [6, 6.07) is 5.30. The Balaban J connectivity index is 2.78. The molecule has 0 aliphatic rings. The van der Waals surface area contributed by atoms with Gasteiger partial charge in [0.2, 0.25) is 0 Å². The molecule has 0 heterocycles. The van der Waals surface area contributed by atoms with Crippen LogP contribution in [-0.2, 0) is 0 Å². The van der Waals surface area contributed by atoms with Gasteiger partial charge in [0.1, 0.15) is 11.3 Å². The lowest BCUT2D eigenvalue weighted by Crippen LogP contribution is -2.35. The third-order valence-electron chi connectivity index (χ3n) is 2.45.